The van der Waals surface area contributed by atoms with E-state index in [2.05, 4.69) is 12.2 Å². The summed E-state index contributed by atoms with van der Waals surface area (Å²) < 4.78 is 25.9. The molecule has 1 unspecified atom stereocenters. The molecule has 1 saturated carbocycles. The van der Waals surface area contributed by atoms with Crippen molar-refractivity contribution in [3.8, 4) is 0 Å². The SMILES string of the molecule is CCC1(CNCC(O)c2ccc(F)c(F)c2)CCC1. The molecule has 0 bridgehead atoms. The molecule has 0 aliphatic heterocycles. The molecule has 0 radical (unpaired) electrons. The van der Waals surface area contributed by atoms with E-state index < -0.39 is 17.7 Å². The monoisotopic (exact) mass is 269 g/mol. The number of nitrogens with one attached hydrogen (secondary N) is 1. The molecule has 1 fully saturated rings. The normalized spacial score (nSPS) is 18.9. The zero-order valence-electron chi connectivity index (χ0n) is 11.3. The molecule has 1 aromatic rings. The summed E-state index contributed by atoms with van der Waals surface area (Å²) in [4.78, 5) is 0. The molecule has 4 heteroatoms. The van der Waals surface area contributed by atoms with Crippen LogP contribution >= 0.6 is 0 Å². The van der Waals surface area contributed by atoms with E-state index in [4.69, 9.17) is 0 Å². The van der Waals surface area contributed by atoms with Crippen molar-refractivity contribution in [3.05, 3.63) is 35.4 Å². The van der Waals surface area contributed by atoms with E-state index in [1.54, 1.807) is 0 Å². The van der Waals surface area contributed by atoms with Gasteiger partial charge in [0.2, 0.25) is 0 Å². The number of aliphatic hydroxyl groups is 1. The van der Waals surface area contributed by atoms with Gasteiger partial charge >= 0.3 is 0 Å². The van der Waals surface area contributed by atoms with Gasteiger partial charge in [-0.3, -0.25) is 0 Å². The fraction of sp³-hybridized carbons (Fsp3) is 0.600. The van der Waals surface area contributed by atoms with Crippen LogP contribution in [0.2, 0.25) is 0 Å². The summed E-state index contributed by atoms with van der Waals surface area (Å²) in [6.07, 6.45) is 4.09. The lowest BCUT2D eigenvalue weighted by Crippen LogP contribution is -2.40. The summed E-state index contributed by atoms with van der Waals surface area (Å²) >= 11 is 0. The Morgan fingerprint density at radius 3 is 2.58 bits per heavy atom. The average molecular weight is 269 g/mol. The minimum Gasteiger partial charge on any atom is -0.387 e. The molecule has 0 saturated heterocycles. The molecule has 0 spiro atoms. The summed E-state index contributed by atoms with van der Waals surface area (Å²) in [7, 11) is 0. The summed E-state index contributed by atoms with van der Waals surface area (Å²) in [6, 6.07) is 3.53. The number of halogens is 2. The van der Waals surface area contributed by atoms with Crippen molar-refractivity contribution in [2.24, 2.45) is 5.41 Å². The summed E-state index contributed by atoms with van der Waals surface area (Å²) in [5.41, 5.74) is 0.791. The van der Waals surface area contributed by atoms with Crippen molar-refractivity contribution in [2.75, 3.05) is 13.1 Å². The lowest BCUT2D eigenvalue weighted by Gasteiger charge is -2.41. The molecule has 2 rings (SSSR count). The maximum absolute atomic E-state index is 13.1. The Morgan fingerprint density at radius 2 is 2.05 bits per heavy atom. The van der Waals surface area contributed by atoms with E-state index >= 15 is 0 Å². The smallest absolute Gasteiger partial charge is 0.159 e. The van der Waals surface area contributed by atoms with Gasteiger partial charge in [0.05, 0.1) is 6.10 Å². The molecule has 1 aliphatic rings. The van der Waals surface area contributed by atoms with Gasteiger partial charge in [-0.25, -0.2) is 8.78 Å². The van der Waals surface area contributed by atoms with Crippen LogP contribution in [0.4, 0.5) is 8.78 Å². The van der Waals surface area contributed by atoms with E-state index in [-0.39, 0.29) is 0 Å². The predicted octanol–water partition coefficient (Wildman–Crippen LogP) is 3.17. The van der Waals surface area contributed by atoms with E-state index in [0.29, 0.717) is 17.5 Å². The van der Waals surface area contributed by atoms with E-state index in [9.17, 15) is 13.9 Å². The number of benzene rings is 1. The minimum absolute atomic E-state index is 0.368. The Bertz CT molecular complexity index is 427. The van der Waals surface area contributed by atoms with Crippen molar-refractivity contribution in [1.29, 1.82) is 0 Å². The Hall–Kier alpha value is -1.00. The molecule has 1 aromatic carbocycles. The Balaban J connectivity index is 1.83. The molecule has 2 N–H and O–H groups in total. The van der Waals surface area contributed by atoms with Crippen molar-refractivity contribution < 1.29 is 13.9 Å². The van der Waals surface area contributed by atoms with Gasteiger partial charge in [-0.15, -0.1) is 0 Å². The first-order valence-electron chi connectivity index (χ1n) is 6.90. The molecule has 0 amide bonds. The Morgan fingerprint density at radius 1 is 1.32 bits per heavy atom. The van der Waals surface area contributed by atoms with Crippen molar-refractivity contribution in [3.63, 3.8) is 0 Å². The lowest BCUT2D eigenvalue weighted by atomic mass is 9.67. The largest absolute Gasteiger partial charge is 0.387 e. The van der Waals surface area contributed by atoms with Gasteiger partial charge in [0.25, 0.3) is 0 Å². The fourth-order valence-corrected chi connectivity index (χ4v) is 2.64. The summed E-state index contributed by atoms with van der Waals surface area (Å²) in [6.45, 7) is 3.43. The van der Waals surface area contributed by atoms with Crippen LogP contribution in [0.15, 0.2) is 18.2 Å². The van der Waals surface area contributed by atoms with Crippen LogP contribution in [-0.2, 0) is 0 Å². The van der Waals surface area contributed by atoms with Crippen molar-refractivity contribution in [1.82, 2.24) is 5.32 Å². The van der Waals surface area contributed by atoms with Crippen LogP contribution in [0, 0.1) is 17.0 Å². The maximum Gasteiger partial charge on any atom is 0.159 e. The molecule has 1 atom stereocenters. The predicted molar refractivity (Wildman–Crippen MR) is 70.8 cm³/mol. The zero-order chi connectivity index (χ0) is 13.9. The number of hydrogen-bond donors (Lipinski definition) is 2. The maximum atomic E-state index is 13.1. The minimum atomic E-state index is -0.916. The van der Waals surface area contributed by atoms with Crippen LogP contribution < -0.4 is 5.32 Å². The average Bonchev–Trinajstić information content (AvgIpc) is 2.36. The van der Waals surface area contributed by atoms with Crippen LogP contribution in [0.5, 0.6) is 0 Å². The Kier molecular flexibility index (Phi) is 4.53. The van der Waals surface area contributed by atoms with Crippen LogP contribution in [0.3, 0.4) is 0 Å². The number of hydrogen-bond acceptors (Lipinski definition) is 2. The van der Waals surface area contributed by atoms with Crippen molar-refractivity contribution in [2.45, 2.75) is 38.7 Å². The standard InChI is InChI=1S/C15H21F2NO/c1-2-15(6-3-7-15)10-18-9-14(19)11-4-5-12(16)13(17)8-11/h4-5,8,14,18-19H,2-3,6-7,9-10H2,1H3. The molecule has 0 aromatic heterocycles. The molecule has 19 heavy (non-hydrogen) atoms. The summed E-state index contributed by atoms with van der Waals surface area (Å²) in [5, 5.41) is 13.2. The first-order chi connectivity index (χ1) is 9.06. The molecule has 106 valence electrons. The van der Waals surface area contributed by atoms with Crippen LogP contribution in [-0.4, -0.2) is 18.2 Å². The highest BCUT2D eigenvalue weighted by atomic mass is 19.2. The topological polar surface area (TPSA) is 32.3 Å². The van der Waals surface area contributed by atoms with Gasteiger partial charge in [-0.05, 0) is 42.4 Å². The van der Waals surface area contributed by atoms with E-state index in [0.717, 1.165) is 25.1 Å². The highest BCUT2D eigenvalue weighted by Crippen LogP contribution is 2.43. The molecular weight excluding hydrogens is 248 g/mol. The third kappa shape index (κ3) is 3.31. The third-order valence-electron chi connectivity index (χ3n) is 4.33. The third-order valence-corrected chi connectivity index (χ3v) is 4.33. The first kappa shape index (κ1) is 14.4. The highest BCUT2D eigenvalue weighted by Gasteiger charge is 2.34. The van der Waals surface area contributed by atoms with Gasteiger partial charge in [0, 0.05) is 13.1 Å². The molecule has 0 heterocycles. The van der Waals surface area contributed by atoms with Crippen LogP contribution in [0.25, 0.3) is 0 Å². The first-order valence-corrected chi connectivity index (χ1v) is 6.90. The van der Waals surface area contributed by atoms with Gasteiger partial charge in [-0.1, -0.05) is 19.4 Å². The van der Waals surface area contributed by atoms with E-state index in [1.165, 1.54) is 25.3 Å². The number of aliphatic hydroxyl groups excluding tert-OH is 1. The second kappa shape index (κ2) is 5.97. The van der Waals surface area contributed by atoms with Gasteiger partial charge < -0.3 is 10.4 Å². The highest BCUT2D eigenvalue weighted by molar-refractivity contribution is 5.20. The molecular formula is C15H21F2NO. The summed E-state index contributed by atoms with van der Waals surface area (Å²) in [5.74, 6) is -1.80. The van der Waals surface area contributed by atoms with Gasteiger partial charge in [0.1, 0.15) is 0 Å². The quantitative estimate of drug-likeness (QED) is 0.831. The second-order valence-corrected chi connectivity index (χ2v) is 5.53. The van der Waals surface area contributed by atoms with Crippen molar-refractivity contribution >= 4 is 0 Å². The zero-order valence-corrected chi connectivity index (χ0v) is 11.3. The number of rotatable bonds is 6. The Labute approximate surface area is 112 Å². The second-order valence-electron chi connectivity index (χ2n) is 5.53. The van der Waals surface area contributed by atoms with Gasteiger partial charge in [0.15, 0.2) is 11.6 Å². The molecule has 1 aliphatic carbocycles. The van der Waals surface area contributed by atoms with E-state index in [1.807, 2.05) is 0 Å². The lowest BCUT2D eigenvalue weighted by molar-refractivity contribution is 0.110. The molecule has 2 nitrogen and oxygen atoms in total. The fourth-order valence-electron chi connectivity index (χ4n) is 2.64. The van der Waals surface area contributed by atoms with Gasteiger partial charge in [-0.2, -0.15) is 0 Å². The van der Waals surface area contributed by atoms with Crippen LogP contribution in [0.1, 0.15) is 44.3 Å².